The number of oxazole rings is 1. The summed E-state index contributed by atoms with van der Waals surface area (Å²) in [4.78, 5) is 30.9. The molecule has 216 valence electrons. The fraction of sp³-hybridized carbons (Fsp3) is 0.242. The minimum atomic E-state index is -0.922. The van der Waals surface area contributed by atoms with Gasteiger partial charge in [0.25, 0.3) is 0 Å². The van der Waals surface area contributed by atoms with E-state index in [1.165, 1.54) is 4.90 Å². The summed E-state index contributed by atoms with van der Waals surface area (Å²) in [7, 11) is 1.56. The molecule has 0 bridgehead atoms. The van der Waals surface area contributed by atoms with E-state index in [-0.39, 0.29) is 13.0 Å². The number of amides is 1. The van der Waals surface area contributed by atoms with Crippen molar-refractivity contribution >= 4 is 12.1 Å². The van der Waals surface area contributed by atoms with Crippen LogP contribution in [0.5, 0.6) is 17.2 Å². The van der Waals surface area contributed by atoms with Gasteiger partial charge in [-0.1, -0.05) is 30.3 Å². The van der Waals surface area contributed by atoms with Crippen LogP contribution in [0.25, 0.3) is 11.5 Å². The Balaban J connectivity index is 1.22. The average molecular weight is 569 g/mol. The zero-order valence-corrected chi connectivity index (χ0v) is 23.5. The number of methoxy groups -OCH3 is 1. The maximum Gasteiger partial charge on any atom is 0.419 e. The molecule has 3 aromatic carbocycles. The summed E-state index contributed by atoms with van der Waals surface area (Å²) in [5, 5.41) is 9.85. The molecule has 9 heteroatoms. The molecule has 0 spiro atoms. The summed E-state index contributed by atoms with van der Waals surface area (Å²) in [6, 6.07) is 24.0. The fourth-order valence-corrected chi connectivity index (χ4v) is 4.82. The van der Waals surface area contributed by atoms with Crippen LogP contribution >= 0.6 is 0 Å². The minimum Gasteiger partial charge on any atom is -0.497 e. The second-order valence-corrected chi connectivity index (χ2v) is 9.93. The summed E-state index contributed by atoms with van der Waals surface area (Å²) in [6.45, 7) is 2.53. The van der Waals surface area contributed by atoms with Gasteiger partial charge in [0.2, 0.25) is 5.89 Å². The molecule has 5 rings (SSSR count). The second-order valence-electron chi connectivity index (χ2n) is 9.93. The fourth-order valence-electron chi connectivity index (χ4n) is 4.82. The van der Waals surface area contributed by atoms with Crippen molar-refractivity contribution in [3.8, 4) is 28.7 Å². The van der Waals surface area contributed by atoms with Gasteiger partial charge in [0.1, 0.15) is 23.0 Å². The van der Waals surface area contributed by atoms with E-state index in [0.717, 1.165) is 22.6 Å². The monoisotopic (exact) mass is 568 g/mol. The van der Waals surface area contributed by atoms with Crippen LogP contribution in [0.1, 0.15) is 23.4 Å². The Labute approximate surface area is 244 Å². The van der Waals surface area contributed by atoms with Crippen LogP contribution in [0.2, 0.25) is 0 Å². The number of nitrogens with zero attached hydrogens (tertiary/aromatic N) is 2. The molecule has 1 aliphatic rings. The zero-order valence-electron chi connectivity index (χ0n) is 23.5. The lowest BCUT2D eigenvalue weighted by molar-refractivity contribution is -0.141. The largest absolute Gasteiger partial charge is 0.497 e. The number of carboxylic acid groups (broad SMARTS) is 1. The zero-order chi connectivity index (χ0) is 29.5. The Kier molecular flexibility index (Phi) is 8.87. The van der Waals surface area contributed by atoms with E-state index in [4.69, 9.17) is 18.6 Å². The van der Waals surface area contributed by atoms with Crippen LogP contribution in [0.4, 0.5) is 4.79 Å². The van der Waals surface area contributed by atoms with E-state index in [1.54, 1.807) is 37.6 Å². The molecule has 1 N–H and O–H groups in total. The van der Waals surface area contributed by atoms with Crippen molar-refractivity contribution in [1.29, 1.82) is 0 Å². The highest BCUT2D eigenvalue weighted by Gasteiger charge is 2.30. The number of hydrogen-bond acceptors (Lipinski definition) is 7. The summed E-state index contributed by atoms with van der Waals surface area (Å²) in [6.07, 6.45) is 2.24. The molecule has 1 amide bonds. The molecule has 0 fully saturated rings. The number of carbonyl (C=O) groups is 2. The van der Waals surface area contributed by atoms with Gasteiger partial charge in [-0.15, -0.1) is 0 Å². The molecule has 1 unspecified atom stereocenters. The highest BCUT2D eigenvalue weighted by atomic mass is 16.6. The Morgan fingerprint density at radius 1 is 1.00 bits per heavy atom. The van der Waals surface area contributed by atoms with Gasteiger partial charge >= 0.3 is 12.1 Å². The van der Waals surface area contributed by atoms with Gasteiger partial charge in [-0.3, -0.25) is 9.69 Å². The molecule has 0 radical (unpaired) electrons. The van der Waals surface area contributed by atoms with E-state index >= 15 is 0 Å². The third-order valence-electron chi connectivity index (χ3n) is 7.05. The van der Waals surface area contributed by atoms with Gasteiger partial charge in [0.05, 0.1) is 25.3 Å². The number of carbonyl (C=O) groups excluding carboxylic acids is 1. The van der Waals surface area contributed by atoms with Gasteiger partial charge in [-0.25, -0.2) is 9.78 Å². The first-order valence-electron chi connectivity index (χ1n) is 13.7. The van der Waals surface area contributed by atoms with Crippen molar-refractivity contribution in [2.45, 2.75) is 26.2 Å². The van der Waals surface area contributed by atoms with Crippen LogP contribution in [0.3, 0.4) is 0 Å². The van der Waals surface area contributed by atoms with Gasteiger partial charge in [-0.05, 0) is 79.4 Å². The number of benzene rings is 3. The highest BCUT2D eigenvalue weighted by molar-refractivity contribution is 5.76. The van der Waals surface area contributed by atoms with Crippen molar-refractivity contribution in [1.82, 2.24) is 9.88 Å². The smallest absolute Gasteiger partial charge is 0.419 e. The maximum absolute atomic E-state index is 12.8. The predicted molar refractivity (Wildman–Crippen MR) is 156 cm³/mol. The standard InChI is InChI=1S/C33H32N2O7/c1-22-30(34-31(41-22)24-8-4-3-5-9-24)16-18-40-28-10-6-7-23(20-28)19-25-21-35(17-15-29(25)32(36)37)33(38)42-27-13-11-26(39-2)12-14-27/h3-14,20-21,29H,15-19H2,1-2H3,(H,36,37). The van der Waals surface area contributed by atoms with Crippen molar-refractivity contribution in [2.75, 3.05) is 20.3 Å². The summed E-state index contributed by atoms with van der Waals surface area (Å²) >= 11 is 0. The topological polar surface area (TPSA) is 111 Å². The van der Waals surface area contributed by atoms with E-state index in [0.29, 0.717) is 48.2 Å². The van der Waals surface area contributed by atoms with E-state index in [2.05, 4.69) is 4.98 Å². The SMILES string of the molecule is COc1ccc(OC(=O)N2C=C(Cc3cccc(OCCc4nc(-c5ccccc5)oc4C)c3)C(C(=O)O)CC2)cc1. The number of rotatable bonds is 10. The highest BCUT2D eigenvalue weighted by Crippen LogP contribution is 2.28. The van der Waals surface area contributed by atoms with Crippen LogP contribution in [-0.2, 0) is 17.6 Å². The number of aromatic nitrogens is 1. The van der Waals surface area contributed by atoms with E-state index < -0.39 is 18.0 Å². The summed E-state index contributed by atoms with van der Waals surface area (Å²) in [5.41, 5.74) is 3.25. The van der Waals surface area contributed by atoms with Crippen molar-refractivity contribution in [2.24, 2.45) is 5.92 Å². The second kappa shape index (κ2) is 13.1. The summed E-state index contributed by atoms with van der Waals surface area (Å²) in [5.74, 6) is 1.40. The number of carboxylic acids is 1. The van der Waals surface area contributed by atoms with Crippen molar-refractivity contribution in [3.63, 3.8) is 0 Å². The van der Waals surface area contributed by atoms with E-state index in [9.17, 15) is 14.7 Å². The third-order valence-corrected chi connectivity index (χ3v) is 7.05. The van der Waals surface area contributed by atoms with Gasteiger partial charge in [0.15, 0.2) is 0 Å². The molecule has 42 heavy (non-hydrogen) atoms. The van der Waals surface area contributed by atoms with Gasteiger partial charge < -0.3 is 23.7 Å². The Bertz CT molecular complexity index is 1560. The van der Waals surface area contributed by atoms with Gasteiger partial charge in [-0.2, -0.15) is 0 Å². The molecule has 0 saturated carbocycles. The first-order chi connectivity index (χ1) is 20.4. The quantitative estimate of drug-likeness (QED) is 0.237. The Morgan fingerprint density at radius 2 is 1.76 bits per heavy atom. The van der Waals surface area contributed by atoms with Crippen molar-refractivity contribution < 1.29 is 33.3 Å². The molecular formula is C33H32N2O7. The molecule has 1 aromatic heterocycles. The Hall–Kier alpha value is -5.05. The number of ether oxygens (including phenoxy) is 3. The molecule has 0 saturated heterocycles. The number of aryl methyl sites for hydroxylation is 1. The van der Waals surface area contributed by atoms with Gasteiger partial charge in [0, 0.05) is 24.7 Å². The third kappa shape index (κ3) is 6.98. The molecule has 1 atom stereocenters. The molecular weight excluding hydrogens is 536 g/mol. The first kappa shape index (κ1) is 28.5. The lowest BCUT2D eigenvalue weighted by Crippen LogP contribution is -2.37. The number of aliphatic carboxylic acids is 1. The molecule has 9 nitrogen and oxygen atoms in total. The lowest BCUT2D eigenvalue weighted by Gasteiger charge is -2.28. The summed E-state index contributed by atoms with van der Waals surface area (Å²) < 4.78 is 22.5. The van der Waals surface area contributed by atoms with E-state index in [1.807, 2.05) is 61.5 Å². The molecule has 4 aromatic rings. The molecule has 0 aliphatic carbocycles. The Morgan fingerprint density at radius 3 is 2.50 bits per heavy atom. The lowest BCUT2D eigenvalue weighted by atomic mass is 9.88. The maximum atomic E-state index is 12.8. The van der Waals surface area contributed by atoms with Crippen LogP contribution in [0.15, 0.2) is 95.1 Å². The van der Waals surface area contributed by atoms with Crippen LogP contribution < -0.4 is 14.2 Å². The minimum absolute atomic E-state index is 0.242. The molecule has 1 aliphatic heterocycles. The van der Waals surface area contributed by atoms with Crippen LogP contribution in [-0.4, -0.2) is 47.3 Å². The number of hydrogen-bond donors (Lipinski definition) is 1. The molecule has 2 heterocycles. The van der Waals surface area contributed by atoms with Crippen molar-refractivity contribution in [3.05, 3.63) is 108 Å². The normalized spacial score (nSPS) is 14.7. The first-order valence-corrected chi connectivity index (χ1v) is 13.7. The van der Waals surface area contributed by atoms with Crippen LogP contribution in [0, 0.1) is 12.8 Å². The average Bonchev–Trinajstić information content (AvgIpc) is 3.38. The predicted octanol–water partition coefficient (Wildman–Crippen LogP) is 6.31.